The lowest BCUT2D eigenvalue weighted by Gasteiger charge is -2.34. The molecule has 0 saturated carbocycles. The Morgan fingerprint density at radius 3 is 2.08 bits per heavy atom. The van der Waals surface area contributed by atoms with Crippen LogP contribution in [0, 0.1) is 0 Å². The quantitative estimate of drug-likeness (QED) is 0.357. The normalized spacial score (nSPS) is 13.4. The van der Waals surface area contributed by atoms with Crippen molar-refractivity contribution in [2.24, 2.45) is 5.73 Å². The van der Waals surface area contributed by atoms with Gasteiger partial charge in [0.05, 0.1) is 0 Å². The molecule has 40 heavy (non-hydrogen) atoms. The molecule has 0 spiro atoms. The fraction of sp³-hybridized carbons (Fsp3) is 0.364. The van der Waals surface area contributed by atoms with Crippen LogP contribution in [0.25, 0.3) is 10.8 Å². The van der Waals surface area contributed by atoms with Crippen LogP contribution in [0.5, 0.6) is 0 Å². The highest BCUT2D eigenvalue weighted by molar-refractivity contribution is 5.95. The first-order chi connectivity index (χ1) is 18.9. The van der Waals surface area contributed by atoms with Gasteiger partial charge in [0.25, 0.3) is 0 Å². The Balaban J connectivity index is 1.96. The molecule has 0 aliphatic carbocycles. The fourth-order valence-corrected chi connectivity index (χ4v) is 5.01. The van der Waals surface area contributed by atoms with E-state index in [1.54, 1.807) is 27.2 Å². The molecule has 2 atom stereocenters. The van der Waals surface area contributed by atoms with Crippen molar-refractivity contribution in [3.8, 4) is 0 Å². The average molecular weight is 543 g/mol. The van der Waals surface area contributed by atoms with Crippen LogP contribution >= 0.6 is 0 Å². The molecule has 7 heteroatoms. The topological polar surface area (TPSA) is 95.7 Å². The number of hydrogen-bond donors (Lipinski definition) is 2. The van der Waals surface area contributed by atoms with Crippen molar-refractivity contribution in [1.29, 1.82) is 0 Å². The van der Waals surface area contributed by atoms with Gasteiger partial charge in [-0.15, -0.1) is 0 Å². The van der Waals surface area contributed by atoms with Crippen molar-refractivity contribution in [1.82, 2.24) is 15.1 Å². The van der Waals surface area contributed by atoms with Gasteiger partial charge in [0.15, 0.2) is 0 Å². The van der Waals surface area contributed by atoms with Crippen molar-refractivity contribution >= 4 is 28.5 Å². The van der Waals surface area contributed by atoms with Crippen molar-refractivity contribution in [3.05, 3.63) is 95.6 Å². The van der Waals surface area contributed by atoms with E-state index in [1.807, 2.05) is 93.6 Å². The summed E-state index contributed by atoms with van der Waals surface area (Å²) in [5, 5.41) is 4.85. The molecule has 3 rings (SSSR count). The predicted molar refractivity (Wildman–Crippen MR) is 162 cm³/mol. The number of fused-ring (bicyclic) bond motifs is 1. The number of nitrogens with zero attached hydrogens (tertiary/aromatic N) is 2. The van der Waals surface area contributed by atoms with Crippen LogP contribution in [0.4, 0.5) is 0 Å². The molecule has 0 aromatic heterocycles. The Morgan fingerprint density at radius 1 is 0.850 bits per heavy atom. The minimum atomic E-state index is -0.823. The smallest absolute Gasteiger partial charge is 0.246 e. The first-order valence-electron chi connectivity index (χ1n) is 13.6. The largest absolute Gasteiger partial charge is 0.357 e. The molecule has 0 heterocycles. The summed E-state index contributed by atoms with van der Waals surface area (Å²) in [5.41, 5.74) is 8.40. The third-order valence-corrected chi connectivity index (χ3v) is 7.08. The number of likely N-dealkylation sites (N-methyl/N-ethyl adjacent to an activating group) is 3. The van der Waals surface area contributed by atoms with Gasteiger partial charge in [-0.25, -0.2) is 0 Å². The van der Waals surface area contributed by atoms with E-state index in [1.165, 1.54) is 9.80 Å². The zero-order valence-electron chi connectivity index (χ0n) is 24.5. The maximum Gasteiger partial charge on any atom is 0.246 e. The number of hydrogen-bond acceptors (Lipinski definition) is 4. The number of amides is 3. The van der Waals surface area contributed by atoms with Crippen LogP contribution in [0.15, 0.2) is 84.4 Å². The molecule has 7 nitrogen and oxygen atoms in total. The number of carbonyl (C=O) groups is 3. The number of nitrogens with one attached hydrogen (secondary N) is 1. The van der Waals surface area contributed by atoms with Gasteiger partial charge in [-0.2, -0.15) is 0 Å². The van der Waals surface area contributed by atoms with Gasteiger partial charge in [-0.3, -0.25) is 14.4 Å². The predicted octanol–water partition coefficient (Wildman–Crippen LogP) is 4.10. The summed E-state index contributed by atoms with van der Waals surface area (Å²) in [6.45, 7) is 5.69. The average Bonchev–Trinajstić information content (AvgIpc) is 2.92. The molecular weight excluding hydrogens is 500 g/mol. The zero-order chi connectivity index (χ0) is 29.4. The van der Waals surface area contributed by atoms with Crippen LogP contribution in [0.1, 0.15) is 38.3 Å². The minimum Gasteiger partial charge on any atom is -0.357 e. The van der Waals surface area contributed by atoms with E-state index in [-0.39, 0.29) is 17.7 Å². The number of rotatable bonds is 11. The lowest BCUT2D eigenvalue weighted by atomic mass is 9.96. The Morgan fingerprint density at radius 2 is 1.45 bits per heavy atom. The molecule has 0 radical (unpaired) electrons. The van der Waals surface area contributed by atoms with Crippen molar-refractivity contribution in [2.45, 2.75) is 57.7 Å². The summed E-state index contributed by atoms with van der Waals surface area (Å²) in [5.74, 6) is -0.855. The third kappa shape index (κ3) is 8.26. The highest BCUT2D eigenvalue weighted by Crippen LogP contribution is 2.21. The molecule has 3 aromatic rings. The Hall–Kier alpha value is -3.97. The van der Waals surface area contributed by atoms with E-state index in [0.29, 0.717) is 19.3 Å². The second kappa shape index (κ2) is 13.4. The summed E-state index contributed by atoms with van der Waals surface area (Å²) in [6, 6.07) is 22.1. The third-order valence-electron chi connectivity index (χ3n) is 7.08. The van der Waals surface area contributed by atoms with Gasteiger partial charge in [-0.05, 0) is 49.1 Å². The lowest BCUT2D eigenvalue weighted by Crippen LogP contribution is -2.55. The van der Waals surface area contributed by atoms with Crippen LogP contribution in [-0.2, 0) is 27.2 Å². The standard InChI is InChI=1S/C33H42N4O3/c1-23(22-33(2,3)34)18-30(38)36(5)29(21-25-16-17-26-14-10-11-15-27(26)19-25)32(40)37(6)28(31(39)35-4)20-24-12-8-7-9-13-24/h7-19,28-29H,20-22,34H2,1-6H3,(H,35,39)/b23-18-/t28-,29-/m1/s1. The molecule has 3 N–H and O–H groups in total. The van der Waals surface area contributed by atoms with Gasteiger partial charge in [0.1, 0.15) is 12.1 Å². The maximum atomic E-state index is 14.1. The summed E-state index contributed by atoms with van der Waals surface area (Å²) in [7, 11) is 4.84. The van der Waals surface area contributed by atoms with E-state index in [2.05, 4.69) is 5.32 Å². The molecule has 3 amide bonds. The van der Waals surface area contributed by atoms with Gasteiger partial charge in [0.2, 0.25) is 17.7 Å². The van der Waals surface area contributed by atoms with E-state index in [4.69, 9.17) is 5.73 Å². The Bertz CT molecular complexity index is 1360. The molecule has 0 aliphatic rings. The van der Waals surface area contributed by atoms with Crippen molar-refractivity contribution in [3.63, 3.8) is 0 Å². The maximum absolute atomic E-state index is 14.1. The molecule has 3 aromatic carbocycles. The summed E-state index contributed by atoms with van der Waals surface area (Å²) in [4.78, 5) is 43.5. The Labute approximate surface area is 238 Å². The number of benzene rings is 3. The molecule has 212 valence electrons. The molecule has 0 fully saturated rings. The lowest BCUT2D eigenvalue weighted by molar-refractivity contribution is -0.146. The van der Waals surface area contributed by atoms with Gasteiger partial charge in [0, 0.05) is 45.6 Å². The second-order valence-corrected chi connectivity index (χ2v) is 11.3. The van der Waals surface area contributed by atoms with Gasteiger partial charge in [-0.1, -0.05) is 78.4 Å². The van der Waals surface area contributed by atoms with Crippen LogP contribution < -0.4 is 11.1 Å². The summed E-state index contributed by atoms with van der Waals surface area (Å²) >= 11 is 0. The first kappa shape index (κ1) is 30.6. The van der Waals surface area contributed by atoms with Crippen molar-refractivity contribution in [2.75, 3.05) is 21.1 Å². The van der Waals surface area contributed by atoms with Crippen LogP contribution in [0.2, 0.25) is 0 Å². The van der Waals surface area contributed by atoms with Crippen molar-refractivity contribution < 1.29 is 14.4 Å². The molecule has 0 unspecified atom stereocenters. The fourth-order valence-electron chi connectivity index (χ4n) is 5.01. The van der Waals surface area contributed by atoms with E-state index < -0.39 is 17.6 Å². The molecule has 0 saturated heterocycles. The minimum absolute atomic E-state index is 0.265. The van der Waals surface area contributed by atoms with E-state index in [0.717, 1.165) is 27.5 Å². The molecular formula is C33H42N4O3. The van der Waals surface area contributed by atoms with Crippen LogP contribution in [-0.4, -0.2) is 66.3 Å². The zero-order valence-corrected chi connectivity index (χ0v) is 24.5. The van der Waals surface area contributed by atoms with E-state index >= 15 is 0 Å². The van der Waals surface area contributed by atoms with Gasteiger partial charge < -0.3 is 20.9 Å². The van der Waals surface area contributed by atoms with Crippen LogP contribution in [0.3, 0.4) is 0 Å². The van der Waals surface area contributed by atoms with Gasteiger partial charge >= 0.3 is 0 Å². The monoisotopic (exact) mass is 542 g/mol. The second-order valence-electron chi connectivity index (χ2n) is 11.3. The Kier molecular flexibility index (Phi) is 10.2. The summed E-state index contributed by atoms with van der Waals surface area (Å²) < 4.78 is 0. The SMILES string of the molecule is CNC(=O)[C@@H](Cc1ccccc1)N(C)C(=O)[C@@H](Cc1ccc2ccccc2c1)N(C)C(=O)/C=C(/C)CC(C)(C)N. The highest BCUT2D eigenvalue weighted by atomic mass is 16.2. The first-order valence-corrected chi connectivity index (χ1v) is 13.6. The van der Waals surface area contributed by atoms with E-state index in [9.17, 15) is 14.4 Å². The molecule has 0 bridgehead atoms. The summed E-state index contributed by atoms with van der Waals surface area (Å²) in [6.07, 6.45) is 2.76. The number of carbonyl (C=O) groups excluding carboxylic acids is 3. The number of nitrogens with two attached hydrogens (primary N) is 1. The highest BCUT2D eigenvalue weighted by Gasteiger charge is 2.34. The molecule has 0 aliphatic heterocycles.